The van der Waals surface area contributed by atoms with Crippen molar-refractivity contribution in [1.29, 1.82) is 0 Å². The monoisotopic (exact) mass is 351 g/mol. The fourth-order valence-electron chi connectivity index (χ4n) is 5.06. The van der Waals surface area contributed by atoms with E-state index < -0.39 is 5.91 Å². The highest BCUT2D eigenvalue weighted by Gasteiger charge is 2.42. The van der Waals surface area contributed by atoms with Crippen LogP contribution in [0.5, 0.6) is 0 Å². The highest BCUT2D eigenvalue weighted by Crippen LogP contribution is 2.48. The number of amides is 1. The third kappa shape index (κ3) is 2.20. The number of fused-ring (bicyclic) bond motifs is 3. The van der Waals surface area contributed by atoms with E-state index in [-0.39, 0.29) is 11.2 Å². The second-order valence-corrected chi connectivity index (χ2v) is 7.90. The minimum Gasteiger partial charge on any atom is -0.368 e. The normalized spacial score (nSPS) is 23.5. The molecule has 1 atom stereocenters. The summed E-state index contributed by atoms with van der Waals surface area (Å²) in [5.41, 5.74) is 10.7. The Morgan fingerprint density at radius 1 is 1.27 bits per heavy atom. The summed E-state index contributed by atoms with van der Waals surface area (Å²) in [6.07, 6.45) is 2.86. The van der Waals surface area contributed by atoms with E-state index in [1.807, 2.05) is 24.3 Å². The van der Waals surface area contributed by atoms with Gasteiger partial charge in [-0.3, -0.25) is 4.79 Å². The summed E-state index contributed by atoms with van der Waals surface area (Å²) in [5, 5.41) is 3.45. The fourth-order valence-corrected chi connectivity index (χ4v) is 5.06. The highest BCUT2D eigenvalue weighted by atomic mass is 19.1. The van der Waals surface area contributed by atoms with Crippen molar-refractivity contribution in [2.24, 2.45) is 11.1 Å². The quantitative estimate of drug-likeness (QED) is 0.746. The van der Waals surface area contributed by atoms with Crippen LogP contribution in [0.15, 0.2) is 30.3 Å². The molecule has 0 bridgehead atoms. The number of carbonyl (C=O) groups is 1. The van der Waals surface area contributed by atoms with Gasteiger partial charge >= 0.3 is 0 Å². The number of hydrogen-bond donors (Lipinski definition) is 2. The van der Waals surface area contributed by atoms with Crippen molar-refractivity contribution in [1.82, 2.24) is 5.32 Å². The number of hydrogen-bond acceptors (Lipinski definition) is 3. The molecule has 1 amide bonds. The molecule has 3 N–H and O–H groups in total. The minimum absolute atomic E-state index is 0.250. The molecular formula is C21H22FN3O. The van der Waals surface area contributed by atoms with E-state index in [9.17, 15) is 4.79 Å². The molecule has 134 valence electrons. The highest BCUT2D eigenvalue weighted by molar-refractivity contribution is 6.01. The maximum absolute atomic E-state index is 15.2. The maximum atomic E-state index is 15.2. The van der Waals surface area contributed by atoms with Crippen LogP contribution in [0.4, 0.5) is 10.1 Å². The van der Waals surface area contributed by atoms with E-state index in [0.29, 0.717) is 17.7 Å². The predicted molar refractivity (Wildman–Crippen MR) is 99.9 cm³/mol. The third-order valence-electron chi connectivity index (χ3n) is 6.37. The van der Waals surface area contributed by atoms with Gasteiger partial charge in [0.1, 0.15) is 5.82 Å². The van der Waals surface area contributed by atoms with Crippen molar-refractivity contribution in [2.45, 2.75) is 19.3 Å². The summed E-state index contributed by atoms with van der Waals surface area (Å²) in [6.45, 7) is 3.76. The summed E-state index contributed by atoms with van der Waals surface area (Å²) in [6, 6.07) is 9.38. The molecule has 2 heterocycles. The van der Waals surface area contributed by atoms with Crippen molar-refractivity contribution in [2.75, 3.05) is 31.1 Å². The molecule has 5 rings (SSSR count). The largest absolute Gasteiger partial charge is 0.368 e. The molecule has 0 saturated carbocycles. The maximum Gasteiger partial charge on any atom is 0.249 e. The van der Waals surface area contributed by atoms with E-state index in [4.69, 9.17) is 5.73 Å². The van der Waals surface area contributed by atoms with Crippen molar-refractivity contribution in [3.63, 3.8) is 0 Å². The molecule has 1 spiro atoms. The van der Waals surface area contributed by atoms with Crippen molar-refractivity contribution < 1.29 is 9.18 Å². The van der Waals surface area contributed by atoms with Gasteiger partial charge in [0.15, 0.2) is 0 Å². The Labute approximate surface area is 152 Å². The topological polar surface area (TPSA) is 58.4 Å². The molecule has 2 aromatic rings. The van der Waals surface area contributed by atoms with E-state index in [1.54, 1.807) is 0 Å². The standard InChI is InChI=1S/C21H22FN3O/c22-17-10-16(20(23)26)15-9-13-3-1-2-4-14(13)18(15)19(17)25-8-6-21(12-25)5-7-24-11-21/h1-4,10,24H,5-9,11-12H2,(H2,23,26). The molecule has 26 heavy (non-hydrogen) atoms. The number of nitrogens with two attached hydrogens (primary N) is 1. The van der Waals surface area contributed by atoms with Gasteiger partial charge in [-0.15, -0.1) is 0 Å². The summed E-state index contributed by atoms with van der Waals surface area (Å²) in [4.78, 5) is 14.1. The van der Waals surface area contributed by atoms with Gasteiger partial charge in [0, 0.05) is 36.2 Å². The summed E-state index contributed by atoms with van der Waals surface area (Å²) in [5.74, 6) is -0.894. The predicted octanol–water partition coefficient (Wildman–Crippen LogP) is 2.69. The van der Waals surface area contributed by atoms with Crippen molar-refractivity contribution in [3.05, 3.63) is 52.8 Å². The van der Waals surface area contributed by atoms with Gasteiger partial charge in [-0.1, -0.05) is 24.3 Å². The van der Waals surface area contributed by atoms with Gasteiger partial charge in [0.2, 0.25) is 5.91 Å². The average molecular weight is 351 g/mol. The van der Waals surface area contributed by atoms with E-state index >= 15 is 4.39 Å². The third-order valence-corrected chi connectivity index (χ3v) is 6.37. The van der Waals surface area contributed by atoms with Crippen LogP contribution in [0.1, 0.15) is 34.3 Å². The molecule has 2 saturated heterocycles. The molecule has 0 aromatic heterocycles. The minimum atomic E-state index is -0.558. The lowest BCUT2D eigenvalue weighted by atomic mass is 9.86. The lowest BCUT2D eigenvalue weighted by Crippen LogP contribution is -2.30. The Morgan fingerprint density at radius 2 is 2.12 bits per heavy atom. The number of nitrogens with zero attached hydrogens (tertiary/aromatic N) is 1. The van der Waals surface area contributed by atoms with Gasteiger partial charge in [0.25, 0.3) is 0 Å². The zero-order valence-electron chi connectivity index (χ0n) is 14.6. The Balaban J connectivity index is 1.68. The van der Waals surface area contributed by atoms with Crippen LogP contribution in [0.25, 0.3) is 11.1 Å². The zero-order chi connectivity index (χ0) is 17.9. The Morgan fingerprint density at radius 3 is 2.88 bits per heavy atom. The number of rotatable bonds is 2. The van der Waals surface area contributed by atoms with Crippen LogP contribution in [0.2, 0.25) is 0 Å². The number of nitrogens with one attached hydrogen (secondary N) is 1. The van der Waals surface area contributed by atoms with Gasteiger partial charge < -0.3 is 16.0 Å². The molecule has 3 aliphatic rings. The van der Waals surface area contributed by atoms with Crippen LogP contribution in [0.3, 0.4) is 0 Å². The molecule has 1 aliphatic carbocycles. The molecular weight excluding hydrogens is 329 g/mol. The number of anilines is 1. The SMILES string of the molecule is NC(=O)c1cc(F)c(N2CCC3(CCNC3)C2)c2c1Cc1ccccc1-2. The first kappa shape index (κ1) is 15.8. The smallest absolute Gasteiger partial charge is 0.249 e. The molecule has 2 aliphatic heterocycles. The number of carbonyl (C=O) groups excluding carboxylic acids is 1. The summed E-state index contributed by atoms with van der Waals surface area (Å²) in [7, 11) is 0. The number of primary amides is 1. The Bertz CT molecular complexity index is 918. The van der Waals surface area contributed by atoms with Gasteiger partial charge in [-0.2, -0.15) is 0 Å². The van der Waals surface area contributed by atoms with Gasteiger partial charge in [-0.25, -0.2) is 4.39 Å². The zero-order valence-corrected chi connectivity index (χ0v) is 14.6. The number of halogens is 1. The van der Waals surface area contributed by atoms with Gasteiger partial charge in [-0.05, 0) is 48.6 Å². The molecule has 1 unspecified atom stereocenters. The Kier molecular flexibility index (Phi) is 3.38. The first-order valence-corrected chi connectivity index (χ1v) is 9.27. The average Bonchev–Trinajstić information content (AvgIpc) is 3.34. The first-order valence-electron chi connectivity index (χ1n) is 9.27. The molecule has 2 fully saturated rings. The Hall–Kier alpha value is -2.40. The molecule has 0 radical (unpaired) electrons. The fraction of sp³-hybridized carbons (Fsp3) is 0.381. The van der Waals surface area contributed by atoms with Crippen LogP contribution in [-0.2, 0) is 6.42 Å². The van der Waals surface area contributed by atoms with E-state index in [1.165, 1.54) is 6.07 Å². The van der Waals surface area contributed by atoms with Crippen molar-refractivity contribution >= 4 is 11.6 Å². The second kappa shape index (κ2) is 5.55. The van der Waals surface area contributed by atoms with E-state index in [2.05, 4.69) is 10.2 Å². The molecule has 5 heteroatoms. The van der Waals surface area contributed by atoms with Crippen LogP contribution in [0, 0.1) is 11.2 Å². The van der Waals surface area contributed by atoms with Crippen molar-refractivity contribution in [3.8, 4) is 11.1 Å². The van der Waals surface area contributed by atoms with Crippen LogP contribution in [-0.4, -0.2) is 32.1 Å². The number of benzene rings is 2. The lowest BCUT2D eigenvalue weighted by Gasteiger charge is -2.27. The van der Waals surface area contributed by atoms with Gasteiger partial charge in [0.05, 0.1) is 5.69 Å². The lowest BCUT2D eigenvalue weighted by molar-refractivity contribution is 0.0999. The summed E-state index contributed by atoms with van der Waals surface area (Å²) < 4.78 is 15.2. The van der Waals surface area contributed by atoms with E-state index in [0.717, 1.165) is 61.3 Å². The summed E-state index contributed by atoms with van der Waals surface area (Å²) >= 11 is 0. The molecule has 2 aromatic carbocycles. The van der Waals surface area contributed by atoms with Crippen LogP contribution < -0.4 is 16.0 Å². The second-order valence-electron chi connectivity index (χ2n) is 7.90. The molecule has 4 nitrogen and oxygen atoms in total. The van der Waals surface area contributed by atoms with Crippen LogP contribution >= 0.6 is 0 Å². The first-order chi connectivity index (χ1) is 12.6.